The molecular formula is C29H33N5O3. The highest BCUT2D eigenvalue weighted by molar-refractivity contribution is 6.05. The Hall–Kier alpha value is -3.52. The van der Waals surface area contributed by atoms with Gasteiger partial charge >= 0.3 is 5.97 Å². The van der Waals surface area contributed by atoms with Crippen LogP contribution in [0.15, 0.2) is 54.4 Å². The van der Waals surface area contributed by atoms with Gasteiger partial charge in [-0.1, -0.05) is 31.4 Å². The minimum absolute atomic E-state index is 0.191. The smallest absolute Gasteiger partial charge is 0.328 e. The summed E-state index contributed by atoms with van der Waals surface area (Å²) >= 11 is 0. The fourth-order valence-corrected chi connectivity index (χ4v) is 6.18. The van der Waals surface area contributed by atoms with Gasteiger partial charge in [0.15, 0.2) is 11.4 Å². The Kier molecular flexibility index (Phi) is 6.28. The summed E-state index contributed by atoms with van der Waals surface area (Å²) in [7, 11) is 1.41. The molecule has 1 saturated carbocycles. The van der Waals surface area contributed by atoms with E-state index in [1.807, 2.05) is 24.3 Å². The highest BCUT2D eigenvalue weighted by Gasteiger charge is 2.49. The van der Waals surface area contributed by atoms with Gasteiger partial charge in [0, 0.05) is 30.1 Å². The SMILES string of the molecule is COC(=O)[C@H](Cc1ccc(-n2c([C@@H]3CCCN3)nc3cccnc32)cc1)NC1=CC(=O)C12CCCCC2. The maximum atomic E-state index is 12.7. The van der Waals surface area contributed by atoms with Crippen LogP contribution in [-0.4, -0.2) is 46.0 Å². The molecule has 2 fully saturated rings. The second kappa shape index (κ2) is 9.74. The van der Waals surface area contributed by atoms with Crippen molar-refractivity contribution in [3.05, 3.63) is 65.8 Å². The van der Waals surface area contributed by atoms with E-state index in [9.17, 15) is 9.59 Å². The third kappa shape index (κ3) is 4.23. The number of carbonyl (C=O) groups is 2. The van der Waals surface area contributed by atoms with Gasteiger partial charge in [-0.15, -0.1) is 0 Å². The van der Waals surface area contributed by atoms with Crippen molar-refractivity contribution in [1.29, 1.82) is 0 Å². The first kappa shape index (κ1) is 23.9. The van der Waals surface area contributed by atoms with E-state index in [2.05, 4.69) is 32.3 Å². The summed E-state index contributed by atoms with van der Waals surface area (Å²) in [5.41, 5.74) is 4.19. The molecule has 0 unspecified atom stereocenters. The van der Waals surface area contributed by atoms with Crippen LogP contribution in [0.3, 0.4) is 0 Å². The molecule has 0 radical (unpaired) electrons. The Labute approximate surface area is 216 Å². The first-order valence-electron chi connectivity index (χ1n) is 13.4. The number of benzene rings is 1. The molecule has 2 aliphatic carbocycles. The van der Waals surface area contributed by atoms with Crippen LogP contribution in [0.5, 0.6) is 0 Å². The lowest BCUT2D eigenvalue weighted by Crippen LogP contribution is -2.52. The summed E-state index contributed by atoms with van der Waals surface area (Å²) in [4.78, 5) is 34.7. The fourth-order valence-electron chi connectivity index (χ4n) is 6.18. The lowest BCUT2D eigenvalue weighted by Gasteiger charge is -2.44. The molecule has 1 spiro atoms. The Morgan fingerprint density at radius 2 is 2.00 bits per heavy atom. The number of hydrogen-bond acceptors (Lipinski definition) is 7. The van der Waals surface area contributed by atoms with Gasteiger partial charge in [0.25, 0.3) is 0 Å². The number of imidazole rings is 1. The zero-order valence-electron chi connectivity index (χ0n) is 21.2. The summed E-state index contributed by atoms with van der Waals surface area (Å²) in [5, 5.41) is 6.95. The van der Waals surface area contributed by atoms with E-state index in [0.29, 0.717) is 6.42 Å². The molecule has 3 heterocycles. The number of ether oxygens (including phenoxy) is 1. The zero-order valence-corrected chi connectivity index (χ0v) is 21.2. The largest absolute Gasteiger partial charge is 0.467 e. The standard InChI is InChI=1S/C29H33N5O3/c1-37-28(36)23(32-24-18-25(35)29(24)13-3-2-4-14-29)17-19-9-11-20(12-10-19)34-26-22(8-6-16-31-26)33-27(34)21-7-5-15-30-21/h6,8-12,16,18,21,23,30,32H,2-5,7,13-15,17H2,1H3/t21-,23-/m0/s1. The maximum absolute atomic E-state index is 12.7. The number of hydrogen-bond donors (Lipinski definition) is 2. The summed E-state index contributed by atoms with van der Waals surface area (Å²) in [6, 6.07) is 11.8. The van der Waals surface area contributed by atoms with Gasteiger partial charge in [0.1, 0.15) is 17.4 Å². The van der Waals surface area contributed by atoms with Gasteiger partial charge in [-0.05, 0) is 62.1 Å². The Balaban J connectivity index is 1.25. The lowest BCUT2D eigenvalue weighted by molar-refractivity contribution is -0.143. The number of aromatic nitrogens is 3. The molecule has 0 bridgehead atoms. The van der Waals surface area contributed by atoms with Crippen LogP contribution in [0.1, 0.15) is 62.4 Å². The Morgan fingerprint density at radius 3 is 2.70 bits per heavy atom. The molecular weight excluding hydrogens is 466 g/mol. The monoisotopic (exact) mass is 499 g/mol. The molecule has 1 aliphatic heterocycles. The van der Waals surface area contributed by atoms with Crippen molar-refractivity contribution in [2.75, 3.05) is 13.7 Å². The first-order chi connectivity index (χ1) is 18.1. The number of carbonyl (C=O) groups excluding carboxylic acids is 2. The van der Waals surface area contributed by atoms with Gasteiger partial charge in [-0.25, -0.2) is 14.8 Å². The molecule has 2 N–H and O–H groups in total. The summed E-state index contributed by atoms with van der Waals surface area (Å²) < 4.78 is 7.25. The molecule has 2 aromatic heterocycles. The van der Waals surface area contributed by atoms with Gasteiger partial charge in [-0.2, -0.15) is 0 Å². The zero-order chi connectivity index (χ0) is 25.4. The number of nitrogens with zero attached hydrogens (tertiary/aromatic N) is 3. The molecule has 192 valence electrons. The first-order valence-corrected chi connectivity index (χ1v) is 13.4. The number of methoxy groups -OCH3 is 1. The average molecular weight is 500 g/mol. The van der Waals surface area contributed by atoms with Crippen molar-refractivity contribution in [2.45, 2.75) is 63.5 Å². The van der Waals surface area contributed by atoms with Gasteiger partial charge < -0.3 is 15.4 Å². The third-order valence-corrected chi connectivity index (χ3v) is 8.23. The topological polar surface area (TPSA) is 98.1 Å². The van der Waals surface area contributed by atoms with Crippen molar-refractivity contribution < 1.29 is 14.3 Å². The molecule has 3 aliphatic rings. The Bertz CT molecular complexity index is 1350. The molecule has 2 atom stereocenters. The van der Waals surface area contributed by atoms with Crippen LogP contribution in [-0.2, 0) is 20.7 Å². The molecule has 37 heavy (non-hydrogen) atoms. The van der Waals surface area contributed by atoms with Crippen molar-refractivity contribution >= 4 is 22.9 Å². The van der Waals surface area contributed by atoms with Gasteiger partial charge in [-0.3, -0.25) is 9.36 Å². The van der Waals surface area contributed by atoms with Crippen LogP contribution in [0.25, 0.3) is 16.9 Å². The maximum Gasteiger partial charge on any atom is 0.328 e. The van der Waals surface area contributed by atoms with Crippen LogP contribution in [0.2, 0.25) is 0 Å². The molecule has 3 aromatic rings. The minimum atomic E-state index is -0.553. The number of ketones is 1. The molecule has 1 aromatic carbocycles. The van der Waals surface area contributed by atoms with Gasteiger partial charge in [0.2, 0.25) is 0 Å². The molecule has 8 heteroatoms. The van der Waals surface area contributed by atoms with Crippen molar-refractivity contribution in [2.24, 2.45) is 5.41 Å². The second-order valence-electron chi connectivity index (χ2n) is 10.5. The molecule has 1 saturated heterocycles. The molecule has 6 rings (SSSR count). The predicted molar refractivity (Wildman–Crippen MR) is 140 cm³/mol. The van der Waals surface area contributed by atoms with E-state index < -0.39 is 11.5 Å². The van der Waals surface area contributed by atoms with Crippen molar-refractivity contribution in [3.63, 3.8) is 0 Å². The van der Waals surface area contributed by atoms with E-state index in [1.54, 1.807) is 12.3 Å². The third-order valence-electron chi connectivity index (χ3n) is 8.23. The number of pyridine rings is 1. The summed E-state index contributed by atoms with van der Waals surface area (Å²) in [6.07, 6.45) is 11.1. The lowest BCUT2D eigenvalue weighted by atomic mass is 9.62. The number of esters is 1. The van der Waals surface area contributed by atoms with E-state index >= 15 is 0 Å². The summed E-state index contributed by atoms with van der Waals surface area (Å²) in [5.74, 6) is 0.846. The Morgan fingerprint density at radius 1 is 1.19 bits per heavy atom. The number of fused-ring (bicyclic) bond motifs is 1. The minimum Gasteiger partial charge on any atom is -0.467 e. The van der Waals surface area contributed by atoms with Crippen molar-refractivity contribution in [1.82, 2.24) is 25.2 Å². The van der Waals surface area contributed by atoms with E-state index in [4.69, 9.17) is 9.72 Å². The van der Waals surface area contributed by atoms with E-state index in [0.717, 1.165) is 85.4 Å². The van der Waals surface area contributed by atoms with Crippen LogP contribution in [0, 0.1) is 5.41 Å². The highest BCUT2D eigenvalue weighted by atomic mass is 16.5. The van der Waals surface area contributed by atoms with Gasteiger partial charge in [0.05, 0.1) is 18.6 Å². The molecule has 8 nitrogen and oxygen atoms in total. The van der Waals surface area contributed by atoms with E-state index in [1.165, 1.54) is 7.11 Å². The normalized spacial score (nSPS) is 21.5. The second-order valence-corrected chi connectivity index (χ2v) is 10.5. The van der Waals surface area contributed by atoms with Crippen LogP contribution >= 0.6 is 0 Å². The fraction of sp³-hybridized carbons (Fsp3) is 0.448. The van der Waals surface area contributed by atoms with Crippen LogP contribution in [0.4, 0.5) is 0 Å². The summed E-state index contributed by atoms with van der Waals surface area (Å²) in [6.45, 7) is 0.992. The quantitative estimate of drug-likeness (QED) is 0.475. The average Bonchev–Trinajstić information content (AvgIpc) is 3.61. The number of nitrogens with one attached hydrogen (secondary N) is 2. The van der Waals surface area contributed by atoms with Crippen molar-refractivity contribution in [3.8, 4) is 5.69 Å². The number of rotatable bonds is 7. The number of allylic oxidation sites excluding steroid dienone is 2. The highest BCUT2D eigenvalue weighted by Crippen LogP contribution is 2.48. The van der Waals surface area contributed by atoms with Crippen LogP contribution < -0.4 is 10.6 Å². The predicted octanol–water partition coefficient (Wildman–Crippen LogP) is 3.94. The molecule has 0 amide bonds. The van der Waals surface area contributed by atoms with E-state index in [-0.39, 0.29) is 17.8 Å².